The average Bonchev–Trinajstić information content (AvgIpc) is 2.01. The molecule has 0 spiro atoms. The van der Waals surface area contributed by atoms with Gasteiger partial charge in [-0.15, -0.1) is 0 Å². The SMILES string of the molecule is Cc1cc(C)c(I=O)c(O)c1C. The molecule has 12 heavy (non-hydrogen) atoms. The lowest BCUT2D eigenvalue weighted by Gasteiger charge is -2.07. The van der Waals surface area contributed by atoms with Gasteiger partial charge in [-0.25, -0.2) is 0 Å². The zero-order valence-corrected chi connectivity index (χ0v) is 9.47. The molecular formula is C9H11IO2. The molecule has 0 aromatic heterocycles. The number of hydrogen-bond acceptors (Lipinski definition) is 2. The van der Waals surface area contributed by atoms with Gasteiger partial charge in [-0.2, -0.15) is 0 Å². The lowest BCUT2D eigenvalue weighted by Crippen LogP contribution is -1.89. The Hall–Kier alpha value is -0.450. The maximum atomic E-state index is 10.8. The molecule has 1 N–H and O–H groups in total. The number of phenols is 1. The van der Waals surface area contributed by atoms with Crippen molar-refractivity contribution >= 4 is 21.2 Å². The van der Waals surface area contributed by atoms with Crippen molar-refractivity contribution in [2.45, 2.75) is 20.8 Å². The van der Waals surface area contributed by atoms with Crippen LogP contribution in [0, 0.1) is 24.3 Å². The van der Waals surface area contributed by atoms with E-state index in [-0.39, 0.29) is 5.75 Å². The van der Waals surface area contributed by atoms with Crippen molar-refractivity contribution in [2.24, 2.45) is 0 Å². The van der Waals surface area contributed by atoms with E-state index in [1.54, 1.807) is 0 Å². The molecule has 1 aromatic rings. The van der Waals surface area contributed by atoms with Crippen LogP contribution in [0.1, 0.15) is 16.7 Å². The summed E-state index contributed by atoms with van der Waals surface area (Å²) in [5.74, 6) is 0.218. The van der Waals surface area contributed by atoms with Crippen LogP contribution in [0.4, 0.5) is 0 Å². The molecule has 0 unspecified atom stereocenters. The molecule has 0 atom stereocenters. The summed E-state index contributed by atoms with van der Waals surface area (Å²) in [7, 11) is 0. The second-order valence-corrected chi connectivity index (χ2v) is 4.39. The smallest absolute Gasteiger partial charge is 0.186 e. The molecule has 0 bridgehead atoms. The summed E-state index contributed by atoms with van der Waals surface area (Å²) in [5, 5.41) is 9.59. The molecule has 0 aliphatic rings. The van der Waals surface area contributed by atoms with Gasteiger partial charge in [-0.3, -0.25) is 3.07 Å². The van der Waals surface area contributed by atoms with E-state index in [0.29, 0.717) is 3.57 Å². The first-order valence-corrected chi connectivity index (χ1v) is 5.60. The molecule has 0 amide bonds. The van der Waals surface area contributed by atoms with Gasteiger partial charge in [-0.05, 0) is 37.5 Å². The van der Waals surface area contributed by atoms with Crippen LogP contribution in [0.3, 0.4) is 0 Å². The van der Waals surface area contributed by atoms with Crippen LogP contribution in [0.15, 0.2) is 6.07 Å². The zero-order chi connectivity index (χ0) is 9.30. The first kappa shape index (κ1) is 9.64. The van der Waals surface area contributed by atoms with E-state index in [9.17, 15) is 8.18 Å². The molecule has 1 rings (SSSR count). The molecule has 66 valence electrons. The highest BCUT2D eigenvalue weighted by atomic mass is 127. The fraction of sp³-hybridized carbons (Fsp3) is 0.333. The molecular weight excluding hydrogens is 267 g/mol. The molecule has 1 aromatic carbocycles. The maximum absolute atomic E-state index is 10.8. The van der Waals surface area contributed by atoms with Crippen LogP contribution >= 0.6 is 21.2 Å². The monoisotopic (exact) mass is 278 g/mol. The second-order valence-electron chi connectivity index (χ2n) is 2.88. The number of aromatic hydroxyl groups is 1. The fourth-order valence-corrected chi connectivity index (χ4v) is 2.25. The summed E-state index contributed by atoms with van der Waals surface area (Å²) in [5.41, 5.74) is 2.82. The van der Waals surface area contributed by atoms with Crippen LogP contribution in [0.25, 0.3) is 0 Å². The summed E-state index contributed by atoms with van der Waals surface area (Å²) < 4.78 is 11.4. The van der Waals surface area contributed by atoms with Crippen molar-refractivity contribution in [1.82, 2.24) is 0 Å². The van der Waals surface area contributed by atoms with Crippen molar-refractivity contribution in [1.29, 1.82) is 0 Å². The molecule has 0 aliphatic heterocycles. The molecule has 0 fully saturated rings. The summed E-state index contributed by atoms with van der Waals surface area (Å²) in [6.07, 6.45) is 0. The highest BCUT2D eigenvalue weighted by molar-refractivity contribution is 14.1. The minimum atomic E-state index is -1.26. The van der Waals surface area contributed by atoms with Crippen LogP contribution in [0.2, 0.25) is 0 Å². The van der Waals surface area contributed by atoms with E-state index in [0.717, 1.165) is 16.7 Å². The third-order valence-corrected chi connectivity index (χ3v) is 3.81. The predicted molar refractivity (Wildman–Crippen MR) is 55.7 cm³/mol. The number of phenolic OH excluding ortho intramolecular Hbond substituents is 1. The lowest BCUT2D eigenvalue weighted by atomic mass is 10.1. The Morgan fingerprint density at radius 3 is 2.33 bits per heavy atom. The van der Waals surface area contributed by atoms with Gasteiger partial charge in [0, 0.05) is 0 Å². The predicted octanol–water partition coefficient (Wildman–Crippen LogP) is 2.80. The standard InChI is InChI=1S/C9H11IO2/c1-5-4-6(2)8(10-12)9(11)7(5)3/h4,11H,1-3H3. The van der Waals surface area contributed by atoms with Crippen LogP contribution in [-0.2, 0) is 3.07 Å². The van der Waals surface area contributed by atoms with Gasteiger partial charge < -0.3 is 5.11 Å². The van der Waals surface area contributed by atoms with E-state index in [1.807, 2.05) is 26.8 Å². The molecule has 0 heterocycles. The lowest BCUT2D eigenvalue weighted by molar-refractivity contribution is 0.466. The first-order chi connectivity index (χ1) is 5.57. The Morgan fingerprint density at radius 1 is 1.25 bits per heavy atom. The van der Waals surface area contributed by atoms with E-state index in [1.165, 1.54) is 0 Å². The molecule has 0 radical (unpaired) electrons. The van der Waals surface area contributed by atoms with Crippen molar-refractivity contribution in [3.05, 3.63) is 26.3 Å². The molecule has 3 heteroatoms. The van der Waals surface area contributed by atoms with E-state index >= 15 is 0 Å². The Balaban J connectivity index is 3.51. The van der Waals surface area contributed by atoms with Crippen LogP contribution < -0.4 is 0 Å². The summed E-state index contributed by atoms with van der Waals surface area (Å²) in [6.45, 7) is 5.65. The Morgan fingerprint density at radius 2 is 1.83 bits per heavy atom. The summed E-state index contributed by atoms with van der Waals surface area (Å²) >= 11 is -1.26. The zero-order valence-electron chi connectivity index (χ0n) is 7.31. The quantitative estimate of drug-likeness (QED) is 0.802. The first-order valence-electron chi connectivity index (χ1n) is 3.64. The number of hydrogen-bond donors (Lipinski definition) is 1. The minimum Gasteiger partial charge on any atom is -0.506 e. The summed E-state index contributed by atoms with van der Waals surface area (Å²) in [6, 6.07) is 1.96. The topological polar surface area (TPSA) is 37.3 Å². The van der Waals surface area contributed by atoms with Gasteiger partial charge in [0.2, 0.25) is 0 Å². The number of aryl methyl sites for hydroxylation is 2. The number of rotatable bonds is 1. The van der Waals surface area contributed by atoms with Crippen LogP contribution in [-0.4, -0.2) is 5.11 Å². The number of halogens is 1. The number of benzene rings is 1. The van der Waals surface area contributed by atoms with Gasteiger partial charge >= 0.3 is 0 Å². The third kappa shape index (κ3) is 1.50. The largest absolute Gasteiger partial charge is 0.506 e. The van der Waals surface area contributed by atoms with Crippen molar-refractivity contribution in [3.63, 3.8) is 0 Å². The van der Waals surface area contributed by atoms with Crippen molar-refractivity contribution < 1.29 is 8.18 Å². The Bertz CT molecular complexity index is 332. The van der Waals surface area contributed by atoms with Gasteiger partial charge in [0.05, 0.1) is 3.57 Å². The van der Waals surface area contributed by atoms with Crippen LogP contribution in [0.5, 0.6) is 5.75 Å². The minimum absolute atomic E-state index is 0.218. The molecule has 0 aliphatic carbocycles. The van der Waals surface area contributed by atoms with E-state index in [2.05, 4.69) is 0 Å². The van der Waals surface area contributed by atoms with E-state index < -0.39 is 21.2 Å². The van der Waals surface area contributed by atoms with Gasteiger partial charge in [0.1, 0.15) is 5.75 Å². The highest BCUT2D eigenvalue weighted by Crippen LogP contribution is 2.31. The molecule has 2 nitrogen and oxygen atoms in total. The van der Waals surface area contributed by atoms with Gasteiger partial charge in [0.15, 0.2) is 21.2 Å². The normalized spacial score (nSPS) is 10.2. The molecule has 0 saturated heterocycles. The van der Waals surface area contributed by atoms with Crippen molar-refractivity contribution in [3.8, 4) is 5.75 Å². The Kier molecular flexibility index (Phi) is 2.82. The fourth-order valence-electron chi connectivity index (χ4n) is 1.13. The average molecular weight is 278 g/mol. The van der Waals surface area contributed by atoms with Gasteiger partial charge in [-0.1, -0.05) is 6.07 Å². The highest BCUT2D eigenvalue weighted by Gasteiger charge is 2.09. The summed E-state index contributed by atoms with van der Waals surface area (Å²) in [4.78, 5) is 0. The molecule has 0 saturated carbocycles. The second kappa shape index (κ2) is 3.51. The van der Waals surface area contributed by atoms with Crippen molar-refractivity contribution in [2.75, 3.05) is 0 Å². The van der Waals surface area contributed by atoms with E-state index in [4.69, 9.17) is 0 Å². The Labute approximate surface area is 82.3 Å². The maximum Gasteiger partial charge on any atom is 0.186 e. The van der Waals surface area contributed by atoms with Gasteiger partial charge in [0.25, 0.3) is 0 Å². The third-order valence-electron chi connectivity index (χ3n) is 2.01.